The molecule has 24 heavy (non-hydrogen) atoms. The lowest BCUT2D eigenvalue weighted by molar-refractivity contribution is 0.314. The fourth-order valence-corrected chi connectivity index (χ4v) is 3.26. The van der Waals surface area contributed by atoms with Crippen molar-refractivity contribution < 1.29 is 9.47 Å². The predicted molar refractivity (Wildman–Crippen MR) is 98.1 cm³/mol. The van der Waals surface area contributed by atoms with E-state index >= 15 is 0 Å². The molecule has 2 aromatic heterocycles. The molecule has 0 unspecified atom stereocenters. The van der Waals surface area contributed by atoms with E-state index in [1.165, 1.54) is 0 Å². The maximum atomic E-state index is 5.73. The zero-order chi connectivity index (χ0) is 16.6. The number of hydrogen-bond donors (Lipinski definition) is 1. The largest absolute Gasteiger partial charge is 0.494 e. The van der Waals surface area contributed by atoms with Gasteiger partial charge >= 0.3 is 0 Å². The standard InChI is InChI=1S/C17H19N3O2S2/c1-2-9-21-13-5-7-14(8-6-13)22-10-12-24-17-18-16(19-20-17)15-4-3-11-23-15/h3-8,11H,2,9-10,12H2,1H3,(H,18,19,20). The summed E-state index contributed by atoms with van der Waals surface area (Å²) >= 11 is 3.22. The number of nitrogens with one attached hydrogen (secondary N) is 1. The Bertz CT molecular complexity index is 727. The van der Waals surface area contributed by atoms with Gasteiger partial charge in [0.1, 0.15) is 11.5 Å². The highest BCUT2D eigenvalue weighted by atomic mass is 32.2. The molecule has 1 N–H and O–H groups in total. The van der Waals surface area contributed by atoms with Crippen LogP contribution in [0.1, 0.15) is 13.3 Å². The number of thioether (sulfide) groups is 1. The van der Waals surface area contributed by atoms with Crippen LogP contribution in [0.15, 0.2) is 46.9 Å². The van der Waals surface area contributed by atoms with Crippen molar-refractivity contribution in [1.29, 1.82) is 0 Å². The topological polar surface area (TPSA) is 60.0 Å². The molecular formula is C17H19N3O2S2. The van der Waals surface area contributed by atoms with Crippen molar-refractivity contribution in [2.24, 2.45) is 0 Å². The second kappa shape index (κ2) is 8.75. The van der Waals surface area contributed by atoms with Crippen molar-refractivity contribution in [3.8, 4) is 22.2 Å². The first-order valence-corrected chi connectivity index (χ1v) is 9.66. The van der Waals surface area contributed by atoms with E-state index in [-0.39, 0.29) is 0 Å². The van der Waals surface area contributed by atoms with Crippen molar-refractivity contribution in [3.05, 3.63) is 41.8 Å². The number of hydrogen-bond acceptors (Lipinski definition) is 6. The fraction of sp³-hybridized carbons (Fsp3) is 0.294. The number of aromatic nitrogens is 3. The molecule has 0 saturated carbocycles. The summed E-state index contributed by atoms with van der Waals surface area (Å²) in [6, 6.07) is 11.7. The highest BCUT2D eigenvalue weighted by Crippen LogP contribution is 2.23. The molecule has 0 aliphatic heterocycles. The number of benzene rings is 1. The normalized spacial score (nSPS) is 10.7. The number of H-pyrrole nitrogens is 1. The van der Waals surface area contributed by atoms with Gasteiger partial charge in [0, 0.05) is 5.75 Å². The summed E-state index contributed by atoms with van der Waals surface area (Å²) in [4.78, 5) is 5.57. The van der Waals surface area contributed by atoms with Crippen LogP contribution in [0.4, 0.5) is 0 Å². The van der Waals surface area contributed by atoms with E-state index in [0.717, 1.165) is 46.1 Å². The van der Waals surface area contributed by atoms with Crippen LogP contribution >= 0.6 is 23.1 Å². The Kier molecular flexibility index (Phi) is 6.14. The van der Waals surface area contributed by atoms with Gasteiger partial charge in [-0.2, -0.15) is 0 Å². The van der Waals surface area contributed by atoms with Crippen LogP contribution in [0.5, 0.6) is 11.5 Å². The maximum absolute atomic E-state index is 5.73. The molecule has 0 aliphatic carbocycles. The lowest BCUT2D eigenvalue weighted by Gasteiger charge is -2.07. The minimum absolute atomic E-state index is 0.600. The molecule has 0 spiro atoms. The van der Waals surface area contributed by atoms with E-state index in [0.29, 0.717) is 6.61 Å². The Balaban J connectivity index is 1.41. The molecule has 3 aromatic rings. The fourth-order valence-electron chi connectivity index (χ4n) is 1.98. The third-order valence-electron chi connectivity index (χ3n) is 3.10. The summed E-state index contributed by atoms with van der Waals surface area (Å²) < 4.78 is 11.3. The van der Waals surface area contributed by atoms with Gasteiger partial charge in [-0.05, 0) is 42.1 Å². The number of nitrogens with zero attached hydrogens (tertiary/aromatic N) is 2. The summed E-state index contributed by atoms with van der Waals surface area (Å²) in [7, 11) is 0. The molecule has 0 radical (unpaired) electrons. The molecule has 0 saturated heterocycles. The van der Waals surface area contributed by atoms with Crippen molar-refractivity contribution in [3.63, 3.8) is 0 Å². The highest BCUT2D eigenvalue weighted by Gasteiger charge is 2.06. The summed E-state index contributed by atoms with van der Waals surface area (Å²) in [5.74, 6) is 3.32. The molecule has 1 aromatic carbocycles. The van der Waals surface area contributed by atoms with Crippen LogP contribution in [-0.2, 0) is 0 Å². The smallest absolute Gasteiger partial charge is 0.208 e. The SMILES string of the molecule is CCCOc1ccc(OCCSc2n[nH]c(-c3cccs3)n2)cc1. The molecule has 0 amide bonds. The van der Waals surface area contributed by atoms with Gasteiger partial charge in [-0.15, -0.1) is 16.4 Å². The first kappa shape index (κ1) is 16.9. The number of rotatable bonds is 9. The molecule has 3 rings (SSSR count). The van der Waals surface area contributed by atoms with Gasteiger partial charge in [-0.25, -0.2) is 4.98 Å². The average Bonchev–Trinajstić information content (AvgIpc) is 3.29. The van der Waals surface area contributed by atoms with Gasteiger partial charge in [-0.3, -0.25) is 5.10 Å². The zero-order valence-electron chi connectivity index (χ0n) is 13.4. The quantitative estimate of drug-likeness (QED) is 0.449. The van der Waals surface area contributed by atoms with Crippen LogP contribution in [0.3, 0.4) is 0 Å². The summed E-state index contributed by atoms with van der Waals surface area (Å²) in [5.41, 5.74) is 0. The molecule has 0 fully saturated rings. The van der Waals surface area contributed by atoms with Gasteiger partial charge in [0.25, 0.3) is 0 Å². The Morgan fingerprint density at radius 3 is 2.50 bits per heavy atom. The Hall–Kier alpha value is -1.99. The zero-order valence-corrected chi connectivity index (χ0v) is 15.0. The van der Waals surface area contributed by atoms with E-state index < -0.39 is 0 Å². The number of aromatic amines is 1. The van der Waals surface area contributed by atoms with E-state index in [1.54, 1.807) is 23.1 Å². The summed E-state index contributed by atoms with van der Waals surface area (Å²) in [6.45, 7) is 3.43. The van der Waals surface area contributed by atoms with Crippen LogP contribution in [0.25, 0.3) is 10.7 Å². The lowest BCUT2D eigenvalue weighted by atomic mass is 10.3. The van der Waals surface area contributed by atoms with Gasteiger partial charge in [0.05, 0.1) is 18.1 Å². The van der Waals surface area contributed by atoms with Crippen LogP contribution in [0.2, 0.25) is 0 Å². The highest BCUT2D eigenvalue weighted by molar-refractivity contribution is 7.99. The van der Waals surface area contributed by atoms with Gasteiger partial charge in [0.15, 0.2) is 5.82 Å². The first-order valence-electron chi connectivity index (χ1n) is 7.80. The number of thiophene rings is 1. The van der Waals surface area contributed by atoms with E-state index in [2.05, 4.69) is 22.1 Å². The Labute approximate surface area is 149 Å². The predicted octanol–water partition coefficient (Wildman–Crippen LogP) is 4.49. The number of ether oxygens (including phenoxy) is 2. The third-order valence-corrected chi connectivity index (χ3v) is 4.79. The van der Waals surface area contributed by atoms with E-state index in [1.807, 2.05) is 41.8 Å². The average molecular weight is 361 g/mol. The van der Waals surface area contributed by atoms with Crippen molar-refractivity contribution in [1.82, 2.24) is 15.2 Å². The van der Waals surface area contributed by atoms with Gasteiger partial charge in [-0.1, -0.05) is 24.8 Å². The van der Waals surface area contributed by atoms with Crippen LogP contribution in [-0.4, -0.2) is 34.1 Å². The van der Waals surface area contributed by atoms with E-state index in [4.69, 9.17) is 9.47 Å². The van der Waals surface area contributed by atoms with Crippen molar-refractivity contribution >= 4 is 23.1 Å². The van der Waals surface area contributed by atoms with Crippen molar-refractivity contribution in [2.75, 3.05) is 19.0 Å². The monoisotopic (exact) mass is 361 g/mol. The summed E-state index contributed by atoms with van der Waals surface area (Å²) in [6.07, 6.45) is 1.00. The van der Waals surface area contributed by atoms with Crippen LogP contribution in [0, 0.1) is 0 Å². The minimum Gasteiger partial charge on any atom is -0.494 e. The molecular weight excluding hydrogens is 342 g/mol. The van der Waals surface area contributed by atoms with Crippen LogP contribution < -0.4 is 9.47 Å². The second-order valence-electron chi connectivity index (χ2n) is 4.96. The minimum atomic E-state index is 0.600. The Morgan fingerprint density at radius 1 is 1.08 bits per heavy atom. The molecule has 0 atom stereocenters. The van der Waals surface area contributed by atoms with E-state index in [9.17, 15) is 0 Å². The molecule has 2 heterocycles. The summed E-state index contributed by atoms with van der Waals surface area (Å²) in [5, 5.41) is 9.95. The molecule has 5 nitrogen and oxygen atoms in total. The Morgan fingerprint density at radius 2 is 1.83 bits per heavy atom. The lowest BCUT2D eigenvalue weighted by Crippen LogP contribution is -2.00. The maximum Gasteiger partial charge on any atom is 0.208 e. The molecule has 0 aliphatic rings. The molecule has 126 valence electrons. The van der Waals surface area contributed by atoms with Gasteiger partial charge < -0.3 is 9.47 Å². The van der Waals surface area contributed by atoms with Crippen molar-refractivity contribution in [2.45, 2.75) is 18.5 Å². The second-order valence-corrected chi connectivity index (χ2v) is 6.97. The molecule has 0 bridgehead atoms. The van der Waals surface area contributed by atoms with Gasteiger partial charge in [0.2, 0.25) is 5.16 Å². The first-order chi connectivity index (χ1) is 11.8. The molecule has 7 heteroatoms. The third kappa shape index (κ3) is 4.75.